The van der Waals surface area contributed by atoms with Gasteiger partial charge in [-0.2, -0.15) is 5.26 Å². The molecule has 0 saturated carbocycles. The molecule has 0 rings (SSSR count). The second-order valence-corrected chi connectivity index (χ2v) is 5.30. The van der Waals surface area contributed by atoms with E-state index in [0.717, 1.165) is 18.6 Å². The summed E-state index contributed by atoms with van der Waals surface area (Å²) in [4.78, 5) is 0. The van der Waals surface area contributed by atoms with Gasteiger partial charge < -0.3 is 4.74 Å². The largest absolute Gasteiger partial charge is 0.496 e. The molecule has 0 aliphatic heterocycles. The SMILES string of the molecule is CCCCCCCCCC/C(OCC)=C(/Br)C#N. The Balaban J connectivity index is 3.60. The van der Waals surface area contributed by atoms with Gasteiger partial charge in [-0.3, -0.25) is 0 Å². The van der Waals surface area contributed by atoms with Crippen LogP contribution in [-0.4, -0.2) is 6.61 Å². The van der Waals surface area contributed by atoms with Crippen LogP contribution in [0.25, 0.3) is 0 Å². The molecule has 0 fully saturated rings. The third kappa shape index (κ3) is 9.53. The highest BCUT2D eigenvalue weighted by atomic mass is 79.9. The van der Waals surface area contributed by atoms with Gasteiger partial charge in [0.15, 0.2) is 0 Å². The molecule has 3 heteroatoms. The minimum absolute atomic E-state index is 0.548. The highest BCUT2D eigenvalue weighted by molar-refractivity contribution is 9.12. The quantitative estimate of drug-likeness (QED) is 0.279. The third-order valence-corrected chi connectivity index (χ3v) is 3.54. The molecule has 0 N–H and O–H groups in total. The molecule has 0 spiro atoms. The van der Waals surface area contributed by atoms with Crippen LogP contribution in [-0.2, 0) is 4.74 Å². The van der Waals surface area contributed by atoms with E-state index in [4.69, 9.17) is 10.00 Å². The molecule has 104 valence electrons. The smallest absolute Gasteiger partial charge is 0.132 e. The Morgan fingerprint density at radius 3 is 2.06 bits per heavy atom. The Morgan fingerprint density at radius 1 is 1.00 bits per heavy atom. The summed E-state index contributed by atoms with van der Waals surface area (Å²) in [5.74, 6) is 0.811. The Morgan fingerprint density at radius 2 is 1.56 bits per heavy atom. The van der Waals surface area contributed by atoms with E-state index in [2.05, 4.69) is 28.9 Å². The van der Waals surface area contributed by atoms with Crippen molar-refractivity contribution in [2.75, 3.05) is 6.61 Å². The predicted octanol–water partition coefficient (Wildman–Crippen LogP) is 5.68. The first-order valence-electron chi connectivity index (χ1n) is 7.17. The van der Waals surface area contributed by atoms with Crippen molar-refractivity contribution in [2.24, 2.45) is 0 Å². The van der Waals surface area contributed by atoms with Gasteiger partial charge >= 0.3 is 0 Å². The number of hydrogen-bond donors (Lipinski definition) is 0. The Kier molecular flexibility index (Phi) is 12.6. The van der Waals surface area contributed by atoms with Crippen LogP contribution in [0, 0.1) is 11.3 Å². The number of nitrogens with zero attached hydrogens (tertiary/aromatic N) is 1. The van der Waals surface area contributed by atoms with Crippen molar-refractivity contribution in [1.82, 2.24) is 0 Å². The second kappa shape index (κ2) is 13.0. The van der Waals surface area contributed by atoms with Crippen molar-refractivity contribution >= 4 is 15.9 Å². The zero-order valence-corrected chi connectivity index (χ0v) is 13.4. The summed E-state index contributed by atoms with van der Waals surface area (Å²) in [6.45, 7) is 4.82. The summed E-state index contributed by atoms with van der Waals surface area (Å²) in [5.41, 5.74) is 0. The van der Waals surface area contributed by atoms with Gasteiger partial charge in [0.1, 0.15) is 16.3 Å². The fourth-order valence-corrected chi connectivity index (χ4v) is 2.21. The molecule has 0 atom stereocenters. The van der Waals surface area contributed by atoms with Crippen molar-refractivity contribution in [1.29, 1.82) is 5.26 Å². The fourth-order valence-electron chi connectivity index (χ4n) is 1.90. The van der Waals surface area contributed by atoms with Gasteiger partial charge in [0.2, 0.25) is 0 Å². The Labute approximate surface area is 121 Å². The fraction of sp³-hybridized carbons (Fsp3) is 0.800. The van der Waals surface area contributed by atoms with Gasteiger partial charge in [-0.15, -0.1) is 0 Å². The number of allylic oxidation sites excluding steroid dienone is 2. The van der Waals surface area contributed by atoms with E-state index in [9.17, 15) is 0 Å². The minimum atomic E-state index is 0.548. The Hall–Kier alpha value is -0.490. The number of ether oxygens (including phenoxy) is 1. The molecule has 0 unspecified atom stereocenters. The molecule has 0 aromatic rings. The molecule has 0 bridgehead atoms. The summed E-state index contributed by atoms with van der Waals surface area (Å²) >= 11 is 3.25. The van der Waals surface area contributed by atoms with E-state index in [1.54, 1.807) is 0 Å². The van der Waals surface area contributed by atoms with E-state index in [1.807, 2.05) is 6.92 Å². The molecular formula is C15H26BrNO. The van der Waals surface area contributed by atoms with Crippen LogP contribution in [0.2, 0.25) is 0 Å². The highest BCUT2D eigenvalue weighted by Gasteiger charge is 2.04. The molecular weight excluding hydrogens is 290 g/mol. The molecule has 0 aromatic heterocycles. The predicted molar refractivity (Wildman–Crippen MR) is 80.4 cm³/mol. The first-order chi connectivity index (χ1) is 8.76. The lowest BCUT2D eigenvalue weighted by Gasteiger charge is -2.08. The number of nitriles is 1. The van der Waals surface area contributed by atoms with Crippen LogP contribution in [0.5, 0.6) is 0 Å². The number of halogens is 1. The molecule has 0 aromatic carbocycles. The van der Waals surface area contributed by atoms with Crippen LogP contribution < -0.4 is 0 Å². The van der Waals surface area contributed by atoms with Crippen molar-refractivity contribution in [3.05, 3.63) is 10.2 Å². The van der Waals surface area contributed by atoms with Gasteiger partial charge in [-0.05, 0) is 29.3 Å². The topological polar surface area (TPSA) is 33.0 Å². The van der Waals surface area contributed by atoms with Gasteiger partial charge in [-0.25, -0.2) is 0 Å². The van der Waals surface area contributed by atoms with Crippen molar-refractivity contribution in [2.45, 2.75) is 71.6 Å². The lowest BCUT2D eigenvalue weighted by Crippen LogP contribution is -1.94. The molecule has 0 heterocycles. The van der Waals surface area contributed by atoms with Crippen molar-refractivity contribution in [3.63, 3.8) is 0 Å². The molecule has 0 aliphatic carbocycles. The highest BCUT2D eigenvalue weighted by Crippen LogP contribution is 2.19. The first-order valence-corrected chi connectivity index (χ1v) is 7.97. The molecule has 0 aliphatic rings. The van der Waals surface area contributed by atoms with E-state index in [1.165, 1.54) is 44.9 Å². The van der Waals surface area contributed by atoms with Gasteiger partial charge in [0, 0.05) is 6.42 Å². The number of unbranched alkanes of at least 4 members (excludes halogenated alkanes) is 7. The van der Waals surface area contributed by atoms with Gasteiger partial charge in [-0.1, -0.05) is 51.9 Å². The zero-order chi connectivity index (χ0) is 13.6. The van der Waals surface area contributed by atoms with Crippen molar-refractivity contribution in [3.8, 4) is 6.07 Å². The summed E-state index contributed by atoms with van der Waals surface area (Å²) in [7, 11) is 0. The molecule has 2 nitrogen and oxygen atoms in total. The van der Waals surface area contributed by atoms with E-state index in [-0.39, 0.29) is 0 Å². The maximum absolute atomic E-state index is 8.82. The second-order valence-electron chi connectivity index (χ2n) is 4.51. The van der Waals surface area contributed by atoms with Crippen LogP contribution in [0.1, 0.15) is 71.6 Å². The van der Waals surface area contributed by atoms with Crippen LogP contribution in [0.15, 0.2) is 10.2 Å². The minimum Gasteiger partial charge on any atom is -0.496 e. The lowest BCUT2D eigenvalue weighted by molar-refractivity contribution is 0.216. The van der Waals surface area contributed by atoms with E-state index in [0.29, 0.717) is 11.1 Å². The molecule has 0 radical (unpaired) electrons. The van der Waals surface area contributed by atoms with Crippen molar-refractivity contribution < 1.29 is 4.74 Å². The van der Waals surface area contributed by atoms with Crippen LogP contribution in [0.3, 0.4) is 0 Å². The summed E-state index contributed by atoms with van der Waals surface area (Å²) < 4.78 is 6.01. The normalized spacial score (nSPS) is 11.9. The molecule has 0 saturated heterocycles. The van der Waals surface area contributed by atoms with Gasteiger partial charge in [0.25, 0.3) is 0 Å². The third-order valence-electron chi connectivity index (χ3n) is 2.92. The molecule has 18 heavy (non-hydrogen) atoms. The average molecular weight is 316 g/mol. The monoisotopic (exact) mass is 315 g/mol. The number of hydrogen-bond acceptors (Lipinski definition) is 2. The van der Waals surface area contributed by atoms with E-state index < -0.39 is 0 Å². The lowest BCUT2D eigenvalue weighted by atomic mass is 10.1. The van der Waals surface area contributed by atoms with E-state index >= 15 is 0 Å². The molecule has 0 amide bonds. The standard InChI is InChI=1S/C15H26BrNO/c1-3-5-6-7-8-9-10-11-12-15(18-4-2)14(16)13-17/h3-12H2,1-2H3/b15-14-. The van der Waals surface area contributed by atoms with Gasteiger partial charge in [0.05, 0.1) is 6.61 Å². The maximum atomic E-state index is 8.82. The summed E-state index contributed by atoms with van der Waals surface area (Å²) in [5, 5.41) is 8.82. The summed E-state index contributed by atoms with van der Waals surface area (Å²) in [6.07, 6.45) is 11.3. The maximum Gasteiger partial charge on any atom is 0.132 e. The summed E-state index contributed by atoms with van der Waals surface area (Å²) in [6, 6.07) is 2.10. The number of rotatable bonds is 11. The van der Waals surface area contributed by atoms with Crippen LogP contribution in [0.4, 0.5) is 0 Å². The average Bonchev–Trinajstić information content (AvgIpc) is 2.39. The van der Waals surface area contributed by atoms with Crippen LogP contribution >= 0.6 is 15.9 Å². The Bertz CT molecular complexity index is 268. The first kappa shape index (κ1) is 17.5. The zero-order valence-electron chi connectivity index (χ0n) is 11.8.